The van der Waals surface area contributed by atoms with Crippen molar-refractivity contribution in [3.05, 3.63) is 132 Å². The first kappa shape index (κ1) is 32.2. The van der Waals surface area contributed by atoms with Crippen LogP contribution in [0.15, 0.2) is 130 Å². The lowest BCUT2D eigenvalue weighted by Crippen LogP contribution is -2.25. The molecule has 8 heterocycles. The molecule has 0 amide bonds. The predicted octanol–water partition coefficient (Wildman–Crippen LogP) is 9.69. The molecule has 2 atom stereocenters. The lowest BCUT2D eigenvalue weighted by atomic mass is 9.74. The SMILES string of the molecule is C=C(/C=C(\C)C1(C)C=NC(c2ccc3ccc(-c4ccccn4)nc3n2)=CC1)C1(C)C=NC(c2ccc3ccc(C4=CCCC=N4)nc3n2)=CC1. The summed E-state index contributed by atoms with van der Waals surface area (Å²) >= 11 is 0. The third kappa shape index (κ3) is 6.41. The van der Waals surface area contributed by atoms with Crippen molar-refractivity contribution in [3.8, 4) is 11.4 Å². The first-order valence-corrected chi connectivity index (χ1v) is 17.4. The van der Waals surface area contributed by atoms with Crippen LogP contribution in [0.1, 0.15) is 63.5 Å². The Labute approximate surface area is 297 Å². The van der Waals surface area contributed by atoms with Gasteiger partial charge in [-0.05, 0) is 98.8 Å². The van der Waals surface area contributed by atoms with E-state index in [2.05, 4.69) is 73.8 Å². The molecule has 0 spiro atoms. The Hall–Kier alpha value is -6.02. The van der Waals surface area contributed by atoms with Crippen LogP contribution in [0.5, 0.6) is 0 Å². The highest BCUT2D eigenvalue weighted by Crippen LogP contribution is 2.40. The van der Waals surface area contributed by atoms with Gasteiger partial charge in [-0.3, -0.25) is 20.0 Å². The van der Waals surface area contributed by atoms with E-state index in [0.717, 1.165) is 87.6 Å². The third-order valence-corrected chi connectivity index (χ3v) is 10.1. The van der Waals surface area contributed by atoms with Gasteiger partial charge in [-0.25, -0.2) is 19.9 Å². The van der Waals surface area contributed by atoms with Crippen molar-refractivity contribution < 1.29 is 0 Å². The first-order valence-electron chi connectivity index (χ1n) is 17.4. The summed E-state index contributed by atoms with van der Waals surface area (Å²) in [5.41, 5.74) is 9.68. The summed E-state index contributed by atoms with van der Waals surface area (Å²) in [6.45, 7) is 11.1. The molecule has 0 bridgehead atoms. The van der Waals surface area contributed by atoms with Gasteiger partial charge in [0.15, 0.2) is 11.3 Å². The second-order valence-electron chi connectivity index (χ2n) is 13.9. The molecule has 0 radical (unpaired) electrons. The van der Waals surface area contributed by atoms with Crippen LogP contribution in [0, 0.1) is 10.8 Å². The van der Waals surface area contributed by atoms with Crippen molar-refractivity contribution in [1.82, 2.24) is 24.9 Å². The standard InChI is InChI=1S/C43H38N8/c1-28(42(3)21-19-34(46-26-42)38-17-13-30-11-15-36(48-40(30)50-38)32-9-5-7-23-44-32)25-29(2)43(4)22-20-35(47-27-43)39-18-14-31-12-16-37(49-41(31)51-39)33-10-6-8-24-45-33/h6,8-20,23-27H,1,5,7,21-22H2,2-4H3/b29-25+. The van der Waals surface area contributed by atoms with Gasteiger partial charge in [-0.1, -0.05) is 56.4 Å². The van der Waals surface area contributed by atoms with Gasteiger partial charge < -0.3 is 0 Å². The van der Waals surface area contributed by atoms with Gasteiger partial charge >= 0.3 is 0 Å². The monoisotopic (exact) mass is 666 g/mol. The van der Waals surface area contributed by atoms with Crippen molar-refractivity contribution in [1.29, 1.82) is 0 Å². The summed E-state index contributed by atoms with van der Waals surface area (Å²) in [4.78, 5) is 38.1. The Kier molecular flexibility index (Phi) is 8.22. The minimum Gasteiger partial charge on any atom is -0.259 e. The van der Waals surface area contributed by atoms with E-state index in [1.807, 2.05) is 73.2 Å². The number of nitrogens with zero attached hydrogens (tertiary/aromatic N) is 8. The average molecular weight is 667 g/mol. The molecule has 5 aromatic heterocycles. The lowest BCUT2D eigenvalue weighted by molar-refractivity contribution is 0.560. The Morgan fingerprint density at radius 1 is 0.608 bits per heavy atom. The van der Waals surface area contributed by atoms with Crippen molar-refractivity contribution in [2.75, 3.05) is 0 Å². The molecule has 0 aromatic carbocycles. The van der Waals surface area contributed by atoms with Gasteiger partial charge in [0, 0.05) is 46.4 Å². The van der Waals surface area contributed by atoms with Crippen LogP contribution in [0.25, 0.3) is 50.5 Å². The normalized spacial score (nSPS) is 21.8. The number of aliphatic imine (C=N–C) groups is 3. The van der Waals surface area contributed by atoms with Crippen LogP contribution < -0.4 is 0 Å². The smallest absolute Gasteiger partial charge is 0.160 e. The summed E-state index contributed by atoms with van der Waals surface area (Å²) in [5, 5.41) is 1.97. The van der Waals surface area contributed by atoms with Crippen LogP contribution >= 0.6 is 0 Å². The van der Waals surface area contributed by atoms with E-state index in [-0.39, 0.29) is 10.8 Å². The molecule has 0 fully saturated rings. The Morgan fingerprint density at radius 2 is 1.16 bits per heavy atom. The van der Waals surface area contributed by atoms with E-state index < -0.39 is 0 Å². The fourth-order valence-electron chi connectivity index (χ4n) is 6.43. The number of hydrogen-bond donors (Lipinski definition) is 0. The molecule has 3 aliphatic heterocycles. The highest BCUT2D eigenvalue weighted by molar-refractivity contribution is 5.87. The number of allylic oxidation sites excluding steroid dienone is 6. The van der Waals surface area contributed by atoms with E-state index in [9.17, 15) is 0 Å². The Morgan fingerprint density at radius 3 is 1.67 bits per heavy atom. The molecular weight excluding hydrogens is 629 g/mol. The van der Waals surface area contributed by atoms with E-state index in [1.165, 1.54) is 5.57 Å². The largest absolute Gasteiger partial charge is 0.259 e. The van der Waals surface area contributed by atoms with Gasteiger partial charge in [0.25, 0.3) is 0 Å². The van der Waals surface area contributed by atoms with Gasteiger partial charge in [-0.15, -0.1) is 0 Å². The van der Waals surface area contributed by atoms with Crippen molar-refractivity contribution in [2.24, 2.45) is 25.8 Å². The molecule has 0 N–H and O–H groups in total. The molecular formula is C43H38N8. The highest BCUT2D eigenvalue weighted by atomic mass is 14.9. The minimum absolute atomic E-state index is 0.253. The topological polar surface area (TPSA) is 102 Å². The van der Waals surface area contributed by atoms with Gasteiger partial charge in [0.05, 0.1) is 45.6 Å². The summed E-state index contributed by atoms with van der Waals surface area (Å²) in [7, 11) is 0. The number of aromatic nitrogens is 5. The van der Waals surface area contributed by atoms with E-state index in [1.54, 1.807) is 6.20 Å². The maximum absolute atomic E-state index is 4.90. The fourth-order valence-corrected chi connectivity index (χ4v) is 6.43. The summed E-state index contributed by atoms with van der Waals surface area (Å²) in [6, 6.07) is 22.0. The van der Waals surface area contributed by atoms with Crippen LogP contribution in [0.4, 0.5) is 0 Å². The van der Waals surface area contributed by atoms with Crippen molar-refractivity contribution in [2.45, 2.75) is 46.5 Å². The van der Waals surface area contributed by atoms with Gasteiger partial charge in [-0.2, -0.15) is 0 Å². The second-order valence-corrected chi connectivity index (χ2v) is 13.9. The molecule has 2 unspecified atom stereocenters. The maximum Gasteiger partial charge on any atom is 0.160 e. The van der Waals surface area contributed by atoms with Crippen LogP contribution in [-0.2, 0) is 0 Å². The molecule has 51 heavy (non-hydrogen) atoms. The molecule has 250 valence electrons. The summed E-state index contributed by atoms with van der Waals surface area (Å²) in [6.07, 6.45) is 20.0. The van der Waals surface area contributed by atoms with Gasteiger partial charge in [0.2, 0.25) is 0 Å². The summed E-state index contributed by atoms with van der Waals surface area (Å²) < 4.78 is 0. The summed E-state index contributed by atoms with van der Waals surface area (Å²) in [5.74, 6) is 0. The molecule has 0 saturated heterocycles. The van der Waals surface area contributed by atoms with Crippen LogP contribution in [0.3, 0.4) is 0 Å². The van der Waals surface area contributed by atoms with Crippen molar-refractivity contribution in [3.63, 3.8) is 0 Å². The van der Waals surface area contributed by atoms with Gasteiger partial charge in [0.1, 0.15) is 0 Å². The molecule has 8 rings (SSSR count). The van der Waals surface area contributed by atoms with Crippen molar-refractivity contribution >= 4 is 57.8 Å². The average Bonchev–Trinajstić information content (AvgIpc) is 3.18. The quantitative estimate of drug-likeness (QED) is 0.161. The molecule has 5 aromatic rings. The zero-order valence-corrected chi connectivity index (χ0v) is 29.1. The Balaban J connectivity index is 0.957. The third-order valence-electron chi connectivity index (χ3n) is 10.1. The number of pyridine rings is 5. The second kappa shape index (κ2) is 13.0. The van der Waals surface area contributed by atoms with E-state index in [0.29, 0.717) is 11.3 Å². The number of rotatable bonds is 7. The van der Waals surface area contributed by atoms with E-state index in [4.69, 9.17) is 29.9 Å². The molecule has 0 saturated carbocycles. The van der Waals surface area contributed by atoms with E-state index >= 15 is 0 Å². The fraction of sp³-hybridized carbons (Fsp3) is 0.209. The number of hydrogen-bond acceptors (Lipinski definition) is 8. The number of fused-ring (bicyclic) bond motifs is 2. The highest BCUT2D eigenvalue weighted by Gasteiger charge is 2.31. The maximum atomic E-state index is 4.90. The molecule has 8 heteroatoms. The molecule has 3 aliphatic rings. The van der Waals surface area contributed by atoms with Crippen LogP contribution in [0.2, 0.25) is 0 Å². The predicted molar refractivity (Wildman–Crippen MR) is 209 cm³/mol. The molecule has 0 aliphatic carbocycles. The minimum atomic E-state index is -0.322. The molecule has 8 nitrogen and oxygen atoms in total. The zero-order valence-electron chi connectivity index (χ0n) is 29.1. The first-order chi connectivity index (χ1) is 24.8. The lowest BCUT2D eigenvalue weighted by Gasteiger charge is -2.32. The zero-order chi connectivity index (χ0) is 35.0. The van der Waals surface area contributed by atoms with Crippen LogP contribution in [-0.4, -0.2) is 43.6 Å². The Bertz CT molecular complexity index is 2430.